The summed E-state index contributed by atoms with van der Waals surface area (Å²) in [7, 11) is 0. The van der Waals surface area contributed by atoms with Crippen LogP contribution in [0, 0.1) is 13.8 Å². The molecule has 0 aliphatic carbocycles. The normalized spacial score (nSPS) is 11.0. The van der Waals surface area contributed by atoms with Crippen molar-refractivity contribution >= 4 is 44.9 Å². The smallest absolute Gasteiger partial charge is 0.234 e. The third-order valence-corrected chi connectivity index (χ3v) is 6.02. The number of anilines is 1. The molecule has 0 fully saturated rings. The fourth-order valence-electron chi connectivity index (χ4n) is 2.41. The molecule has 24 heavy (non-hydrogen) atoms. The van der Waals surface area contributed by atoms with Gasteiger partial charge in [0.15, 0.2) is 0 Å². The van der Waals surface area contributed by atoms with Crippen molar-refractivity contribution in [3.8, 4) is 0 Å². The standard InChI is InChI=1S/C18H19N3OS2/c1-4-13-5-7-14(8-6-13)21-15(22)9-23-17-16-11(2)12(3)24-18(16)20-10-19-17/h5-8,10H,4,9H2,1-3H3,(H,21,22). The molecule has 3 aromatic rings. The zero-order chi connectivity index (χ0) is 17.1. The molecular formula is C18H19N3OS2. The Morgan fingerprint density at radius 2 is 1.96 bits per heavy atom. The van der Waals surface area contributed by atoms with Crippen molar-refractivity contribution in [2.24, 2.45) is 0 Å². The van der Waals surface area contributed by atoms with E-state index < -0.39 is 0 Å². The van der Waals surface area contributed by atoms with Crippen LogP contribution in [-0.2, 0) is 11.2 Å². The number of hydrogen-bond acceptors (Lipinski definition) is 5. The maximum absolute atomic E-state index is 12.2. The number of nitrogens with zero attached hydrogens (tertiary/aromatic N) is 2. The first kappa shape index (κ1) is 16.9. The van der Waals surface area contributed by atoms with Gasteiger partial charge in [0.2, 0.25) is 5.91 Å². The summed E-state index contributed by atoms with van der Waals surface area (Å²) < 4.78 is 0. The lowest BCUT2D eigenvalue weighted by Gasteiger charge is -2.06. The summed E-state index contributed by atoms with van der Waals surface area (Å²) in [6, 6.07) is 7.95. The molecule has 1 amide bonds. The maximum Gasteiger partial charge on any atom is 0.234 e. The van der Waals surface area contributed by atoms with Crippen molar-refractivity contribution in [1.82, 2.24) is 9.97 Å². The summed E-state index contributed by atoms with van der Waals surface area (Å²) in [5, 5.41) is 4.88. The molecule has 4 nitrogen and oxygen atoms in total. The van der Waals surface area contributed by atoms with Crippen LogP contribution in [0.5, 0.6) is 0 Å². The molecule has 2 aromatic heterocycles. The molecule has 0 bridgehead atoms. The fourth-order valence-corrected chi connectivity index (χ4v) is 4.33. The fraction of sp³-hybridized carbons (Fsp3) is 0.278. The van der Waals surface area contributed by atoms with E-state index in [4.69, 9.17) is 0 Å². The zero-order valence-corrected chi connectivity index (χ0v) is 15.6. The van der Waals surface area contributed by atoms with E-state index in [2.05, 4.69) is 36.1 Å². The highest BCUT2D eigenvalue weighted by molar-refractivity contribution is 8.00. The Bertz CT molecular complexity index is 872. The predicted molar refractivity (Wildman–Crippen MR) is 102 cm³/mol. The molecule has 0 radical (unpaired) electrons. The Labute approximate surface area is 149 Å². The van der Waals surface area contributed by atoms with Crippen molar-refractivity contribution in [2.45, 2.75) is 32.2 Å². The van der Waals surface area contributed by atoms with Gasteiger partial charge in [-0.1, -0.05) is 30.8 Å². The van der Waals surface area contributed by atoms with Gasteiger partial charge >= 0.3 is 0 Å². The van der Waals surface area contributed by atoms with Gasteiger partial charge in [-0.25, -0.2) is 9.97 Å². The molecule has 1 N–H and O–H groups in total. The summed E-state index contributed by atoms with van der Waals surface area (Å²) in [5.41, 5.74) is 3.29. The molecule has 0 saturated carbocycles. The third kappa shape index (κ3) is 3.60. The lowest BCUT2D eigenvalue weighted by Crippen LogP contribution is -2.14. The highest BCUT2D eigenvalue weighted by atomic mass is 32.2. The van der Waals surface area contributed by atoms with Crippen molar-refractivity contribution in [3.05, 3.63) is 46.6 Å². The first-order valence-electron chi connectivity index (χ1n) is 7.80. The number of nitrogens with one attached hydrogen (secondary N) is 1. The van der Waals surface area contributed by atoms with Crippen LogP contribution in [-0.4, -0.2) is 21.6 Å². The number of aromatic nitrogens is 2. The van der Waals surface area contributed by atoms with Crippen molar-refractivity contribution in [1.29, 1.82) is 0 Å². The van der Waals surface area contributed by atoms with Gasteiger partial charge in [-0.05, 0) is 43.5 Å². The summed E-state index contributed by atoms with van der Waals surface area (Å²) in [4.78, 5) is 23.1. The predicted octanol–water partition coefficient (Wildman–Crippen LogP) is 4.60. The first-order chi connectivity index (χ1) is 11.6. The van der Waals surface area contributed by atoms with E-state index in [1.54, 1.807) is 17.7 Å². The second kappa shape index (κ2) is 7.32. The average molecular weight is 358 g/mol. The summed E-state index contributed by atoms with van der Waals surface area (Å²) >= 11 is 3.12. The minimum absolute atomic E-state index is 0.0272. The number of fused-ring (bicyclic) bond motifs is 1. The Morgan fingerprint density at radius 3 is 2.67 bits per heavy atom. The van der Waals surface area contributed by atoms with E-state index in [0.717, 1.165) is 27.4 Å². The average Bonchev–Trinajstić information content (AvgIpc) is 2.89. The zero-order valence-electron chi connectivity index (χ0n) is 13.9. The molecule has 0 atom stereocenters. The van der Waals surface area contributed by atoms with Crippen molar-refractivity contribution < 1.29 is 4.79 Å². The van der Waals surface area contributed by atoms with Crippen LogP contribution in [0.2, 0.25) is 0 Å². The molecule has 0 unspecified atom stereocenters. The largest absolute Gasteiger partial charge is 0.325 e. The van der Waals surface area contributed by atoms with Crippen LogP contribution >= 0.6 is 23.1 Å². The van der Waals surface area contributed by atoms with Gasteiger partial charge in [0.1, 0.15) is 16.2 Å². The van der Waals surface area contributed by atoms with E-state index in [0.29, 0.717) is 5.75 Å². The van der Waals surface area contributed by atoms with Gasteiger partial charge < -0.3 is 5.32 Å². The van der Waals surface area contributed by atoms with Gasteiger partial charge in [0.25, 0.3) is 0 Å². The Morgan fingerprint density at radius 1 is 1.21 bits per heavy atom. The number of aryl methyl sites for hydroxylation is 3. The van der Waals surface area contributed by atoms with Crippen LogP contribution in [0.4, 0.5) is 5.69 Å². The van der Waals surface area contributed by atoms with Crippen molar-refractivity contribution in [3.63, 3.8) is 0 Å². The monoisotopic (exact) mass is 357 g/mol. The van der Waals surface area contributed by atoms with Crippen LogP contribution in [0.15, 0.2) is 35.6 Å². The number of hydrogen-bond donors (Lipinski definition) is 1. The van der Waals surface area contributed by atoms with E-state index in [1.165, 1.54) is 27.8 Å². The maximum atomic E-state index is 12.2. The minimum Gasteiger partial charge on any atom is -0.325 e. The molecule has 0 saturated heterocycles. The number of carbonyl (C=O) groups is 1. The highest BCUT2D eigenvalue weighted by Crippen LogP contribution is 2.34. The van der Waals surface area contributed by atoms with Gasteiger partial charge in [-0.15, -0.1) is 11.3 Å². The van der Waals surface area contributed by atoms with Gasteiger partial charge in [-0.3, -0.25) is 4.79 Å². The summed E-state index contributed by atoms with van der Waals surface area (Å²) in [5.74, 6) is 0.302. The number of thioether (sulfide) groups is 1. The van der Waals surface area contributed by atoms with Gasteiger partial charge in [-0.2, -0.15) is 0 Å². The van der Waals surface area contributed by atoms with Gasteiger partial charge in [0, 0.05) is 16.0 Å². The quantitative estimate of drug-likeness (QED) is 0.535. The number of rotatable bonds is 5. The number of amides is 1. The summed E-state index contributed by atoms with van der Waals surface area (Å²) in [6.07, 6.45) is 2.56. The van der Waals surface area contributed by atoms with E-state index in [9.17, 15) is 4.79 Å². The second-order valence-corrected chi connectivity index (χ2v) is 7.70. The molecule has 0 aliphatic heterocycles. The molecular weight excluding hydrogens is 338 g/mol. The molecule has 2 heterocycles. The summed E-state index contributed by atoms with van der Waals surface area (Å²) in [6.45, 7) is 6.28. The van der Waals surface area contributed by atoms with Crippen LogP contribution in [0.1, 0.15) is 22.9 Å². The van der Waals surface area contributed by atoms with E-state index in [1.807, 2.05) is 24.3 Å². The second-order valence-electron chi connectivity index (χ2n) is 5.53. The number of carbonyl (C=O) groups excluding carboxylic acids is 1. The molecule has 6 heteroatoms. The number of benzene rings is 1. The Balaban J connectivity index is 1.68. The molecule has 1 aromatic carbocycles. The number of thiophene rings is 1. The van der Waals surface area contributed by atoms with Crippen LogP contribution in [0.3, 0.4) is 0 Å². The van der Waals surface area contributed by atoms with Crippen molar-refractivity contribution in [2.75, 3.05) is 11.1 Å². The molecule has 124 valence electrons. The lowest BCUT2D eigenvalue weighted by atomic mass is 10.1. The van der Waals surface area contributed by atoms with Gasteiger partial charge in [0.05, 0.1) is 5.75 Å². The first-order valence-corrected chi connectivity index (χ1v) is 9.61. The third-order valence-electron chi connectivity index (χ3n) is 3.92. The van der Waals surface area contributed by atoms with E-state index in [-0.39, 0.29) is 5.91 Å². The highest BCUT2D eigenvalue weighted by Gasteiger charge is 2.13. The molecule has 3 rings (SSSR count). The molecule has 0 spiro atoms. The van der Waals surface area contributed by atoms with E-state index >= 15 is 0 Å². The topological polar surface area (TPSA) is 54.9 Å². The van der Waals surface area contributed by atoms with Crippen LogP contribution in [0.25, 0.3) is 10.2 Å². The lowest BCUT2D eigenvalue weighted by molar-refractivity contribution is -0.113. The Hall–Kier alpha value is -1.92. The molecule has 0 aliphatic rings. The van der Waals surface area contributed by atoms with Crippen LogP contribution < -0.4 is 5.32 Å². The Kier molecular flexibility index (Phi) is 5.16. The minimum atomic E-state index is -0.0272. The SMILES string of the molecule is CCc1ccc(NC(=O)CSc2ncnc3sc(C)c(C)c23)cc1.